The Morgan fingerprint density at radius 1 is 1.00 bits per heavy atom. The van der Waals surface area contributed by atoms with E-state index >= 15 is 0 Å². The highest BCUT2D eigenvalue weighted by atomic mass is 19.4. The number of anilines is 1. The molecular formula is C16H14F3N. The van der Waals surface area contributed by atoms with Crippen LogP contribution in [0.4, 0.5) is 18.9 Å². The van der Waals surface area contributed by atoms with Gasteiger partial charge in [0.05, 0.1) is 5.56 Å². The second-order valence-corrected chi connectivity index (χ2v) is 4.95. The summed E-state index contributed by atoms with van der Waals surface area (Å²) in [6.07, 6.45) is -2.30. The Kier molecular flexibility index (Phi) is 3.16. The normalized spacial score (nSPS) is 14.6. The van der Waals surface area contributed by atoms with E-state index < -0.39 is 11.7 Å². The Labute approximate surface area is 115 Å². The average molecular weight is 277 g/mol. The van der Waals surface area contributed by atoms with Crippen molar-refractivity contribution in [3.63, 3.8) is 0 Å². The molecular weight excluding hydrogens is 263 g/mol. The van der Waals surface area contributed by atoms with Crippen molar-refractivity contribution in [2.45, 2.75) is 19.0 Å². The molecule has 1 nitrogen and oxygen atoms in total. The Morgan fingerprint density at radius 3 is 2.60 bits per heavy atom. The first-order valence-corrected chi connectivity index (χ1v) is 6.59. The standard InChI is InChI=1S/C16H14F3N/c17-16(18,19)14-6-2-1-5-13(14)12-8-7-11-4-3-9-20-15(11)10-12/h1-2,5-8,10,20H,3-4,9H2. The molecule has 2 aromatic rings. The van der Waals surface area contributed by atoms with Crippen molar-refractivity contribution >= 4 is 5.69 Å². The van der Waals surface area contributed by atoms with Crippen molar-refractivity contribution in [3.8, 4) is 11.1 Å². The van der Waals surface area contributed by atoms with Gasteiger partial charge in [0.1, 0.15) is 0 Å². The van der Waals surface area contributed by atoms with Gasteiger partial charge in [-0.05, 0) is 41.7 Å². The van der Waals surface area contributed by atoms with Crippen molar-refractivity contribution in [3.05, 3.63) is 53.6 Å². The number of hydrogen-bond acceptors (Lipinski definition) is 1. The molecule has 0 atom stereocenters. The minimum absolute atomic E-state index is 0.232. The summed E-state index contributed by atoms with van der Waals surface area (Å²) in [6.45, 7) is 0.872. The fraction of sp³-hybridized carbons (Fsp3) is 0.250. The molecule has 4 heteroatoms. The van der Waals surface area contributed by atoms with Crippen molar-refractivity contribution in [2.24, 2.45) is 0 Å². The summed E-state index contributed by atoms with van der Waals surface area (Å²) in [7, 11) is 0. The van der Waals surface area contributed by atoms with Crippen LogP contribution in [0.3, 0.4) is 0 Å². The van der Waals surface area contributed by atoms with Gasteiger partial charge in [0.15, 0.2) is 0 Å². The molecule has 0 aromatic heterocycles. The molecule has 0 aliphatic carbocycles. The third-order valence-corrected chi connectivity index (χ3v) is 3.59. The molecule has 0 fully saturated rings. The molecule has 1 aliphatic heterocycles. The van der Waals surface area contributed by atoms with E-state index in [1.54, 1.807) is 12.1 Å². The maximum Gasteiger partial charge on any atom is 0.417 e. The third kappa shape index (κ3) is 2.38. The molecule has 20 heavy (non-hydrogen) atoms. The summed E-state index contributed by atoms with van der Waals surface area (Å²) in [6, 6.07) is 11.2. The largest absolute Gasteiger partial charge is 0.417 e. The fourth-order valence-electron chi connectivity index (χ4n) is 2.61. The lowest BCUT2D eigenvalue weighted by molar-refractivity contribution is -0.137. The molecule has 1 aliphatic rings. The quantitative estimate of drug-likeness (QED) is 0.794. The highest BCUT2D eigenvalue weighted by Gasteiger charge is 2.33. The van der Waals surface area contributed by atoms with Crippen LogP contribution in [-0.4, -0.2) is 6.54 Å². The van der Waals surface area contributed by atoms with E-state index in [-0.39, 0.29) is 5.56 Å². The van der Waals surface area contributed by atoms with E-state index in [0.29, 0.717) is 5.56 Å². The Hall–Kier alpha value is -1.97. The van der Waals surface area contributed by atoms with Crippen LogP contribution in [0.2, 0.25) is 0 Å². The van der Waals surface area contributed by atoms with E-state index in [1.165, 1.54) is 17.7 Å². The molecule has 3 rings (SSSR count). The van der Waals surface area contributed by atoms with Gasteiger partial charge < -0.3 is 5.32 Å². The van der Waals surface area contributed by atoms with E-state index in [4.69, 9.17) is 0 Å². The van der Waals surface area contributed by atoms with Crippen LogP contribution in [0, 0.1) is 0 Å². The summed E-state index contributed by atoms with van der Waals surface area (Å²) in [5, 5.41) is 3.25. The zero-order chi connectivity index (χ0) is 14.2. The van der Waals surface area contributed by atoms with Gasteiger partial charge in [-0.25, -0.2) is 0 Å². The molecule has 104 valence electrons. The van der Waals surface area contributed by atoms with Crippen molar-refractivity contribution in [1.82, 2.24) is 0 Å². The van der Waals surface area contributed by atoms with E-state index in [0.717, 1.165) is 31.1 Å². The highest BCUT2D eigenvalue weighted by Crippen LogP contribution is 2.38. The van der Waals surface area contributed by atoms with Crippen LogP contribution in [0.15, 0.2) is 42.5 Å². The van der Waals surface area contributed by atoms with Crippen LogP contribution in [0.5, 0.6) is 0 Å². The Balaban J connectivity index is 2.10. The number of alkyl halides is 3. The summed E-state index contributed by atoms with van der Waals surface area (Å²) in [5.41, 5.74) is 2.37. The molecule has 0 unspecified atom stereocenters. The molecule has 0 spiro atoms. The van der Waals surface area contributed by atoms with Crippen LogP contribution >= 0.6 is 0 Å². The Morgan fingerprint density at radius 2 is 1.80 bits per heavy atom. The predicted octanol–water partition coefficient (Wildman–Crippen LogP) is 4.73. The summed E-state index contributed by atoms with van der Waals surface area (Å²) >= 11 is 0. The van der Waals surface area contributed by atoms with Crippen LogP contribution < -0.4 is 5.32 Å². The molecule has 0 saturated carbocycles. The molecule has 1 heterocycles. The smallest absolute Gasteiger partial charge is 0.385 e. The van der Waals surface area contributed by atoms with E-state index in [9.17, 15) is 13.2 Å². The maximum absolute atomic E-state index is 13.1. The maximum atomic E-state index is 13.1. The first kappa shape index (κ1) is 13.0. The van der Waals surface area contributed by atoms with Gasteiger partial charge in [0.2, 0.25) is 0 Å². The molecule has 0 radical (unpaired) electrons. The lowest BCUT2D eigenvalue weighted by Gasteiger charge is -2.20. The summed E-state index contributed by atoms with van der Waals surface area (Å²) in [5.74, 6) is 0. The summed E-state index contributed by atoms with van der Waals surface area (Å²) in [4.78, 5) is 0. The third-order valence-electron chi connectivity index (χ3n) is 3.59. The van der Waals surface area contributed by atoms with Gasteiger partial charge in [-0.3, -0.25) is 0 Å². The van der Waals surface area contributed by atoms with Crippen LogP contribution in [-0.2, 0) is 12.6 Å². The monoisotopic (exact) mass is 277 g/mol. The topological polar surface area (TPSA) is 12.0 Å². The Bertz CT molecular complexity index is 632. The minimum Gasteiger partial charge on any atom is -0.385 e. The van der Waals surface area contributed by atoms with Crippen molar-refractivity contribution in [2.75, 3.05) is 11.9 Å². The zero-order valence-corrected chi connectivity index (χ0v) is 10.8. The lowest BCUT2D eigenvalue weighted by atomic mass is 9.95. The first-order chi connectivity index (χ1) is 9.55. The minimum atomic E-state index is -4.33. The molecule has 0 amide bonds. The second-order valence-electron chi connectivity index (χ2n) is 4.95. The predicted molar refractivity (Wildman–Crippen MR) is 73.7 cm³/mol. The number of aryl methyl sites for hydroxylation is 1. The number of hydrogen-bond donors (Lipinski definition) is 1. The van der Waals surface area contributed by atoms with Gasteiger partial charge in [0, 0.05) is 12.2 Å². The SMILES string of the molecule is FC(F)(F)c1ccccc1-c1ccc2c(c1)NCCC2. The number of rotatable bonds is 1. The number of benzene rings is 2. The van der Waals surface area contributed by atoms with E-state index in [1.807, 2.05) is 12.1 Å². The van der Waals surface area contributed by atoms with Crippen molar-refractivity contribution < 1.29 is 13.2 Å². The van der Waals surface area contributed by atoms with E-state index in [2.05, 4.69) is 5.32 Å². The summed E-state index contributed by atoms with van der Waals surface area (Å²) < 4.78 is 39.2. The molecule has 0 bridgehead atoms. The highest BCUT2D eigenvalue weighted by molar-refractivity contribution is 5.73. The lowest BCUT2D eigenvalue weighted by Crippen LogP contribution is -2.12. The van der Waals surface area contributed by atoms with Crippen LogP contribution in [0.1, 0.15) is 17.5 Å². The van der Waals surface area contributed by atoms with Gasteiger partial charge in [-0.15, -0.1) is 0 Å². The molecule has 0 saturated heterocycles. The van der Waals surface area contributed by atoms with Gasteiger partial charge >= 0.3 is 6.18 Å². The average Bonchev–Trinajstić information content (AvgIpc) is 2.46. The zero-order valence-electron chi connectivity index (χ0n) is 10.8. The molecule has 2 aromatic carbocycles. The number of nitrogens with one attached hydrogen (secondary N) is 1. The second kappa shape index (κ2) is 4.85. The first-order valence-electron chi connectivity index (χ1n) is 6.59. The van der Waals surface area contributed by atoms with Crippen LogP contribution in [0.25, 0.3) is 11.1 Å². The van der Waals surface area contributed by atoms with Crippen molar-refractivity contribution in [1.29, 1.82) is 0 Å². The van der Waals surface area contributed by atoms with Gasteiger partial charge in [-0.2, -0.15) is 13.2 Å². The van der Waals surface area contributed by atoms with Gasteiger partial charge in [-0.1, -0.05) is 30.3 Å². The van der Waals surface area contributed by atoms with Gasteiger partial charge in [0.25, 0.3) is 0 Å². The fourth-order valence-corrected chi connectivity index (χ4v) is 2.61. The molecule has 1 N–H and O–H groups in total. The number of fused-ring (bicyclic) bond motifs is 1. The number of halogens is 3.